The maximum atomic E-state index is 12.5. The van der Waals surface area contributed by atoms with Crippen molar-refractivity contribution in [2.75, 3.05) is 25.5 Å². The first-order valence-electron chi connectivity index (χ1n) is 8.37. The highest BCUT2D eigenvalue weighted by atomic mass is 16.5. The van der Waals surface area contributed by atoms with Gasteiger partial charge in [0.15, 0.2) is 0 Å². The van der Waals surface area contributed by atoms with Crippen LogP contribution in [0.4, 0.5) is 5.69 Å². The first-order chi connectivity index (χ1) is 12.1. The Kier molecular flexibility index (Phi) is 6.71. The van der Waals surface area contributed by atoms with Crippen LogP contribution in [-0.4, -0.2) is 36.9 Å². The van der Waals surface area contributed by atoms with Gasteiger partial charge in [-0.05, 0) is 49.7 Å². The van der Waals surface area contributed by atoms with Gasteiger partial charge in [0.05, 0.1) is 6.61 Å². The Balaban J connectivity index is 2.15. The molecule has 5 nitrogen and oxygen atoms in total. The molecule has 0 saturated carbocycles. The smallest absolute Gasteiger partial charge is 0.255 e. The lowest BCUT2D eigenvalue weighted by Gasteiger charge is -2.19. The monoisotopic (exact) mass is 340 g/mol. The van der Waals surface area contributed by atoms with Gasteiger partial charge in [0.1, 0.15) is 0 Å². The van der Waals surface area contributed by atoms with Crippen molar-refractivity contribution < 1.29 is 14.3 Å². The zero-order chi connectivity index (χ0) is 18.2. The highest BCUT2D eigenvalue weighted by Crippen LogP contribution is 2.15. The molecule has 0 saturated heterocycles. The minimum Gasteiger partial charge on any atom is -0.380 e. The number of ether oxygens (including phenoxy) is 1. The molecule has 0 atom stereocenters. The van der Waals surface area contributed by atoms with Gasteiger partial charge in [0.25, 0.3) is 11.8 Å². The molecule has 0 radical (unpaired) electrons. The number of hydrogen-bond acceptors (Lipinski definition) is 3. The van der Waals surface area contributed by atoms with Gasteiger partial charge in [-0.3, -0.25) is 9.59 Å². The van der Waals surface area contributed by atoms with Crippen molar-refractivity contribution in [3.05, 3.63) is 65.2 Å². The highest BCUT2D eigenvalue weighted by Gasteiger charge is 2.13. The Bertz CT molecular complexity index is 739. The van der Waals surface area contributed by atoms with E-state index in [9.17, 15) is 9.59 Å². The van der Waals surface area contributed by atoms with E-state index in [0.717, 1.165) is 5.56 Å². The maximum Gasteiger partial charge on any atom is 0.255 e. The SMILES string of the molecule is CCN(CC)C(=O)c1cccc(NC(=O)c2cccc(COC)c2)c1. The van der Waals surface area contributed by atoms with E-state index in [4.69, 9.17) is 4.74 Å². The number of hydrogen-bond donors (Lipinski definition) is 1. The number of rotatable bonds is 7. The predicted octanol–water partition coefficient (Wildman–Crippen LogP) is 3.57. The molecular weight excluding hydrogens is 316 g/mol. The lowest BCUT2D eigenvalue weighted by Crippen LogP contribution is -2.30. The minimum atomic E-state index is -0.217. The number of carbonyl (C=O) groups excluding carboxylic acids is 2. The molecule has 0 unspecified atom stereocenters. The molecule has 2 rings (SSSR count). The first kappa shape index (κ1) is 18.7. The van der Waals surface area contributed by atoms with Crippen molar-refractivity contribution in [3.63, 3.8) is 0 Å². The third-order valence-electron chi connectivity index (χ3n) is 3.92. The molecular formula is C20H24N2O3. The number of amides is 2. The van der Waals surface area contributed by atoms with E-state index < -0.39 is 0 Å². The summed E-state index contributed by atoms with van der Waals surface area (Å²) in [6, 6.07) is 14.3. The number of nitrogens with one attached hydrogen (secondary N) is 1. The molecule has 2 aromatic rings. The summed E-state index contributed by atoms with van der Waals surface area (Å²) in [4.78, 5) is 26.6. The second-order valence-corrected chi connectivity index (χ2v) is 5.65. The zero-order valence-corrected chi connectivity index (χ0v) is 14.9. The molecule has 0 heterocycles. The number of methoxy groups -OCH3 is 1. The lowest BCUT2D eigenvalue weighted by atomic mass is 10.1. The fourth-order valence-electron chi connectivity index (χ4n) is 2.60. The van der Waals surface area contributed by atoms with Crippen LogP contribution in [0.15, 0.2) is 48.5 Å². The van der Waals surface area contributed by atoms with E-state index in [1.54, 1.807) is 48.4 Å². The summed E-state index contributed by atoms with van der Waals surface area (Å²) < 4.78 is 5.09. The molecule has 0 aliphatic carbocycles. The summed E-state index contributed by atoms with van der Waals surface area (Å²) in [6.45, 7) is 5.64. The number of anilines is 1. The lowest BCUT2D eigenvalue weighted by molar-refractivity contribution is 0.0772. The van der Waals surface area contributed by atoms with Crippen molar-refractivity contribution >= 4 is 17.5 Å². The van der Waals surface area contributed by atoms with Gasteiger partial charge in [0.2, 0.25) is 0 Å². The van der Waals surface area contributed by atoms with Gasteiger partial charge in [0, 0.05) is 37.0 Å². The van der Waals surface area contributed by atoms with Crippen LogP contribution in [0.1, 0.15) is 40.1 Å². The van der Waals surface area contributed by atoms with Crippen LogP contribution < -0.4 is 5.32 Å². The molecule has 1 N–H and O–H groups in total. The van der Waals surface area contributed by atoms with Crippen LogP contribution in [0.25, 0.3) is 0 Å². The summed E-state index contributed by atoms with van der Waals surface area (Å²) in [7, 11) is 1.62. The van der Waals surface area contributed by atoms with E-state index in [1.165, 1.54) is 0 Å². The van der Waals surface area contributed by atoms with Crippen LogP contribution in [0, 0.1) is 0 Å². The molecule has 2 amide bonds. The number of benzene rings is 2. The predicted molar refractivity (Wildman–Crippen MR) is 98.8 cm³/mol. The second-order valence-electron chi connectivity index (χ2n) is 5.65. The normalized spacial score (nSPS) is 10.4. The summed E-state index contributed by atoms with van der Waals surface area (Å²) in [5.74, 6) is -0.256. The van der Waals surface area contributed by atoms with Crippen molar-refractivity contribution in [1.82, 2.24) is 4.90 Å². The molecule has 0 aliphatic rings. The Morgan fingerprint density at radius 3 is 2.36 bits per heavy atom. The minimum absolute atomic E-state index is 0.0387. The fourth-order valence-corrected chi connectivity index (χ4v) is 2.60. The summed E-state index contributed by atoms with van der Waals surface area (Å²) in [6.07, 6.45) is 0. The van der Waals surface area contributed by atoms with E-state index >= 15 is 0 Å². The Morgan fingerprint density at radius 1 is 1.00 bits per heavy atom. The van der Waals surface area contributed by atoms with E-state index in [0.29, 0.717) is 36.5 Å². The zero-order valence-electron chi connectivity index (χ0n) is 14.9. The average Bonchev–Trinajstić information content (AvgIpc) is 2.63. The van der Waals surface area contributed by atoms with Gasteiger partial charge in [-0.1, -0.05) is 18.2 Å². The summed E-state index contributed by atoms with van der Waals surface area (Å²) >= 11 is 0. The van der Waals surface area contributed by atoms with Crippen LogP contribution in [0.3, 0.4) is 0 Å². The number of carbonyl (C=O) groups is 2. The highest BCUT2D eigenvalue weighted by molar-refractivity contribution is 6.05. The van der Waals surface area contributed by atoms with E-state index in [2.05, 4.69) is 5.32 Å². The van der Waals surface area contributed by atoms with Gasteiger partial charge >= 0.3 is 0 Å². The Morgan fingerprint density at radius 2 is 1.68 bits per heavy atom. The molecule has 5 heteroatoms. The number of nitrogens with zero attached hydrogens (tertiary/aromatic N) is 1. The van der Waals surface area contributed by atoms with Gasteiger partial charge in [-0.15, -0.1) is 0 Å². The second kappa shape index (κ2) is 8.99. The van der Waals surface area contributed by atoms with Crippen molar-refractivity contribution in [2.45, 2.75) is 20.5 Å². The van der Waals surface area contributed by atoms with Crippen LogP contribution in [0.2, 0.25) is 0 Å². The molecule has 2 aromatic carbocycles. The van der Waals surface area contributed by atoms with Crippen molar-refractivity contribution in [2.24, 2.45) is 0 Å². The third kappa shape index (κ3) is 4.90. The van der Waals surface area contributed by atoms with Gasteiger partial charge in [-0.2, -0.15) is 0 Å². The average molecular weight is 340 g/mol. The van der Waals surface area contributed by atoms with Crippen LogP contribution in [0.5, 0.6) is 0 Å². The van der Waals surface area contributed by atoms with E-state index in [1.807, 2.05) is 26.0 Å². The van der Waals surface area contributed by atoms with Crippen LogP contribution in [-0.2, 0) is 11.3 Å². The quantitative estimate of drug-likeness (QED) is 0.838. The molecule has 0 aliphatic heterocycles. The largest absolute Gasteiger partial charge is 0.380 e. The molecule has 25 heavy (non-hydrogen) atoms. The molecule has 0 spiro atoms. The fraction of sp³-hybridized carbons (Fsp3) is 0.300. The van der Waals surface area contributed by atoms with Gasteiger partial charge < -0.3 is 15.0 Å². The first-order valence-corrected chi connectivity index (χ1v) is 8.37. The summed E-state index contributed by atoms with van der Waals surface area (Å²) in [5, 5.41) is 2.85. The summed E-state index contributed by atoms with van der Waals surface area (Å²) in [5.41, 5.74) is 2.64. The van der Waals surface area contributed by atoms with Crippen molar-refractivity contribution in [1.29, 1.82) is 0 Å². The third-order valence-corrected chi connectivity index (χ3v) is 3.92. The molecule has 0 bridgehead atoms. The van der Waals surface area contributed by atoms with Crippen LogP contribution >= 0.6 is 0 Å². The maximum absolute atomic E-state index is 12.5. The van der Waals surface area contributed by atoms with Crippen molar-refractivity contribution in [3.8, 4) is 0 Å². The van der Waals surface area contributed by atoms with E-state index in [-0.39, 0.29) is 11.8 Å². The molecule has 0 fully saturated rings. The standard InChI is InChI=1S/C20H24N2O3/c1-4-22(5-2)20(24)17-10-7-11-18(13-17)21-19(23)16-9-6-8-15(12-16)14-25-3/h6-13H,4-5,14H2,1-3H3,(H,21,23). The molecule has 132 valence electrons. The Hall–Kier alpha value is -2.66. The molecule has 0 aromatic heterocycles. The Labute approximate surface area is 148 Å². The van der Waals surface area contributed by atoms with Gasteiger partial charge in [-0.25, -0.2) is 0 Å². The topological polar surface area (TPSA) is 58.6 Å².